The van der Waals surface area contributed by atoms with Gasteiger partial charge in [0.2, 0.25) is 0 Å². The van der Waals surface area contributed by atoms with Gasteiger partial charge in [0.05, 0.1) is 6.61 Å². The predicted octanol–water partition coefficient (Wildman–Crippen LogP) is 4.00. The fourth-order valence-electron chi connectivity index (χ4n) is 2.13. The summed E-state index contributed by atoms with van der Waals surface area (Å²) >= 11 is 1.58. The van der Waals surface area contributed by atoms with Gasteiger partial charge in [0, 0.05) is 23.2 Å². The van der Waals surface area contributed by atoms with Crippen LogP contribution < -0.4 is 4.74 Å². The Balaban J connectivity index is 1.98. The van der Waals surface area contributed by atoms with Gasteiger partial charge in [0.15, 0.2) is 5.78 Å². The van der Waals surface area contributed by atoms with E-state index in [1.807, 2.05) is 31.3 Å². The van der Waals surface area contributed by atoms with E-state index in [4.69, 9.17) is 4.74 Å². The molecule has 4 heteroatoms. The van der Waals surface area contributed by atoms with Crippen LogP contribution in [0.1, 0.15) is 43.5 Å². The van der Waals surface area contributed by atoms with Crippen LogP contribution in [0.25, 0.3) is 0 Å². The van der Waals surface area contributed by atoms with E-state index in [0.29, 0.717) is 6.61 Å². The number of thioether (sulfide) groups is 1. The molecule has 0 saturated carbocycles. The average molecular weight is 291 g/mol. The molecule has 0 amide bonds. The van der Waals surface area contributed by atoms with Crippen LogP contribution in [0.2, 0.25) is 0 Å². The van der Waals surface area contributed by atoms with Gasteiger partial charge in [-0.1, -0.05) is 19.8 Å². The lowest BCUT2D eigenvalue weighted by atomic mass is 10.1. The van der Waals surface area contributed by atoms with Crippen molar-refractivity contribution < 1.29 is 9.53 Å². The standard InChI is InChI=1S/C16H21NO2S/c1-3-5-6-9-17-11-15-16(18)13-10-12(19-4-2)7-8-14(13)20-15/h7-8,10-11,15H,3-6,9H2,1-2H3. The van der Waals surface area contributed by atoms with Crippen LogP contribution in [0.5, 0.6) is 5.75 Å². The zero-order valence-electron chi connectivity index (χ0n) is 12.1. The minimum Gasteiger partial charge on any atom is -0.494 e. The molecular formula is C16H21NO2S. The summed E-state index contributed by atoms with van der Waals surface area (Å²) in [4.78, 5) is 17.7. The van der Waals surface area contributed by atoms with Crippen LogP contribution >= 0.6 is 11.8 Å². The van der Waals surface area contributed by atoms with Crippen LogP contribution in [0, 0.1) is 0 Å². The zero-order valence-corrected chi connectivity index (χ0v) is 12.9. The molecule has 0 saturated heterocycles. The first kappa shape index (κ1) is 15.1. The Hall–Kier alpha value is -1.29. The minimum atomic E-state index is -0.163. The third-order valence-corrected chi connectivity index (χ3v) is 4.37. The van der Waals surface area contributed by atoms with E-state index >= 15 is 0 Å². The monoisotopic (exact) mass is 291 g/mol. The number of ketones is 1. The molecule has 0 bridgehead atoms. The van der Waals surface area contributed by atoms with Gasteiger partial charge in [-0.05, 0) is 31.5 Å². The van der Waals surface area contributed by atoms with E-state index in [1.54, 1.807) is 11.8 Å². The highest BCUT2D eigenvalue weighted by Gasteiger charge is 2.30. The molecule has 1 atom stereocenters. The quantitative estimate of drug-likeness (QED) is 0.563. The van der Waals surface area contributed by atoms with Crippen molar-refractivity contribution in [2.45, 2.75) is 43.3 Å². The van der Waals surface area contributed by atoms with Crippen molar-refractivity contribution in [3.05, 3.63) is 23.8 Å². The normalized spacial score (nSPS) is 17.7. The number of aliphatic imine (C=N–C) groups is 1. The summed E-state index contributed by atoms with van der Waals surface area (Å²) in [7, 11) is 0. The van der Waals surface area contributed by atoms with Gasteiger partial charge in [0.1, 0.15) is 11.0 Å². The third-order valence-electron chi connectivity index (χ3n) is 3.17. The molecule has 1 heterocycles. The Morgan fingerprint density at radius 2 is 2.20 bits per heavy atom. The smallest absolute Gasteiger partial charge is 0.182 e. The number of rotatable bonds is 7. The van der Waals surface area contributed by atoms with Crippen molar-refractivity contribution in [3.8, 4) is 5.75 Å². The first-order valence-electron chi connectivity index (χ1n) is 7.24. The molecule has 108 valence electrons. The highest BCUT2D eigenvalue weighted by Crippen LogP contribution is 2.38. The van der Waals surface area contributed by atoms with Crippen LogP contribution in [-0.4, -0.2) is 30.4 Å². The Bertz CT molecular complexity index is 499. The van der Waals surface area contributed by atoms with Crippen molar-refractivity contribution in [1.82, 2.24) is 0 Å². The van der Waals surface area contributed by atoms with Gasteiger partial charge in [-0.3, -0.25) is 9.79 Å². The minimum absolute atomic E-state index is 0.144. The summed E-state index contributed by atoms with van der Waals surface area (Å²) in [6, 6.07) is 5.73. The second-order valence-electron chi connectivity index (χ2n) is 4.76. The summed E-state index contributed by atoms with van der Waals surface area (Å²) in [5, 5.41) is -0.163. The predicted molar refractivity (Wildman–Crippen MR) is 84.5 cm³/mol. The molecule has 0 aromatic heterocycles. The van der Waals surface area contributed by atoms with Crippen LogP contribution in [0.15, 0.2) is 28.1 Å². The number of fused-ring (bicyclic) bond motifs is 1. The maximum absolute atomic E-state index is 12.3. The van der Waals surface area contributed by atoms with Gasteiger partial charge in [-0.2, -0.15) is 0 Å². The molecule has 0 fully saturated rings. The molecule has 1 unspecified atom stereocenters. The van der Waals surface area contributed by atoms with E-state index in [9.17, 15) is 4.79 Å². The number of carbonyl (C=O) groups is 1. The molecule has 1 aliphatic rings. The largest absolute Gasteiger partial charge is 0.494 e. The molecule has 0 spiro atoms. The lowest BCUT2D eigenvalue weighted by Gasteiger charge is -2.03. The van der Waals surface area contributed by atoms with Crippen LogP contribution in [0.3, 0.4) is 0 Å². The fraction of sp³-hybridized carbons (Fsp3) is 0.500. The van der Waals surface area contributed by atoms with E-state index in [2.05, 4.69) is 11.9 Å². The molecule has 3 nitrogen and oxygen atoms in total. The molecule has 0 aliphatic carbocycles. The molecule has 1 aromatic rings. The van der Waals surface area contributed by atoms with E-state index in [-0.39, 0.29) is 11.0 Å². The summed E-state index contributed by atoms with van der Waals surface area (Å²) in [5.74, 6) is 0.909. The van der Waals surface area contributed by atoms with Crippen LogP contribution in [-0.2, 0) is 0 Å². The number of ether oxygens (including phenoxy) is 1. The topological polar surface area (TPSA) is 38.7 Å². The Kier molecular flexibility index (Phi) is 5.65. The number of Topliss-reactive ketones (excluding diaryl/α,β-unsaturated/α-hetero) is 1. The maximum Gasteiger partial charge on any atom is 0.182 e. The Morgan fingerprint density at radius 1 is 1.35 bits per heavy atom. The van der Waals surface area contributed by atoms with E-state index in [1.165, 1.54) is 12.8 Å². The number of benzene rings is 1. The number of nitrogens with zero attached hydrogens (tertiary/aromatic N) is 1. The highest BCUT2D eigenvalue weighted by atomic mass is 32.2. The second-order valence-corrected chi connectivity index (χ2v) is 5.94. The lowest BCUT2D eigenvalue weighted by Crippen LogP contribution is -2.13. The van der Waals surface area contributed by atoms with E-state index in [0.717, 1.165) is 29.2 Å². The van der Waals surface area contributed by atoms with Crippen molar-refractivity contribution in [2.75, 3.05) is 13.2 Å². The first-order chi connectivity index (χ1) is 9.76. The molecule has 2 rings (SSSR count). The number of hydrogen-bond acceptors (Lipinski definition) is 4. The van der Waals surface area contributed by atoms with Crippen LogP contribution in [0.4, 0.5) is 0 Å². The van der Waals surface area contributed by atoms with Crippen molar-refractivity contribution in [3.63, 3.8) is 0 Å². The van der Waals surface area contributed by atoms with Crippen molar-refractivity contribution in [2.24, 2.45) is 4.99 Å². The van der Waals surface area contributed by atoms with E-state index < -0.39 is 0 Å². The second kappa shape index (κ2) is 7.48. The molecule has 20 heavy (non-hydrogen) atoms. The fourth-order valence-corrected chi connectivity index (χ4v) is 3.21. The SMILES string of the molecule is CCCCCN=CC1Sc2ccc(OCC)cc2C1=O. The van der Waals surface area contributed by atoms with Gasteiger partial charge in [-0.15, -0.1) is 11.8 Å². The van der Waals surface area contributed by atoms with Gasteiger partial charge in [-0.25, -0.2) is 0 Å². The molecule has 1 aliphatic heterocycles. The number of hydrogen-bond donors (Lipinski definition) is 0. The number of carbonyl (C=O) groups excluding carboxylic acids is 1. The molecule has 0 radical (unpaired) electrons. The average Bonchev–Trinajstić information content (AvgIpc) is 2.76. The molecule has 1 aromatic carbocycles. The Morgan fingerprint density at radius 3 is 2.95 bits per heavy atom. The zero-order chi connectivity index (χ0) is 14.4. The van der Waals surface area contributed by atoms with Gasteiger partial charge in [0.25, 0.3) is 0 Å². The van der Waals surface area contributed by atoms with Crippen molar-refractivity contribution in [1.29, 1.82) is 0 Å². The Labute approximate surface area is 124 Å². The van der Waals surface area contributed by atoms with Crippen molar-refractivity contribution >= 4 is 23.8 Å². The lowest BCUT2D eigenvalue weighted by molar-refractivity contribution is 0.101. The molecule has 0 N–H and O–H groups in total. The summed E-state index contributed by atoms with van der Waals surface area (Å²) in [6.45, 7) is 5.55. The van der Waals surface area contributed by atoms with Gasteiger partial charge < -0.3 is 4.74 Å². The maximum atomic E-state index is 12.3. The first-order valence-corrected chi connectivity index (χ1v) is 8.12. The summed E-state index contributed by atoms with van der Waals surface area (Å²) < 4.78 is 5.45. The third kappa shape index (κ3) is 3.63. The van der Waals surface area contributed by atoms with Gasteiger partial charge >= 0.3 is 0 Å². The summed E-state index contributed by atoms with van der Waals surface area (Å²) in [5.41, 5.74) is 0.769. The summed E-state index contributed by atoms with van der Waals surface area (Å²) in [6.07, 6.45) is 5.29. The number of unbranched alkanes of at least 4 members (excludes halogenated alkanes) is 2. The molecular weight excluding hydrogens is 270 g/mol. The highest BCUT2D eigenvalue weighted by molar-refractivity contribution is 8.02.